The van der Waals surface area contributed by atoms with Crippen LogP contribution in [-0.2, 0) is 0 Å². The van der Waals surface area contributed by atoms with Crippen LogP contribution in [0.25, 0.3) is 5.69 Å². The summed E-state index contributed by atoms with van der Waals surface area (Å²) in [5, 5.41) is 8.30. The van der Waals surface area contributed by atoms with Crippen LogP contribution in [-0.4, -0.2) is 66.9 Å². The molecule has 0 bridgehead atoms. The molecule has 5 rings (SSSR count). The second-order valence-electron chi connectivity index (χ2n) is 8.14. The van der Waals surface area contributed by atoms with E-state index in [1.807, 2.05) is 38.7 Å². The summed E-state index contributed by atoms with van der Waals surface area (Å²) in [7, 11) is 0. The molecule has 9 nitrogen and oxygen atoms in total. The zero-order valence-corrected chi connectivity index (χ0v) is 19.4. The van der Waals surface area contributed by atoms with Gasteiger partial charge in [0.1, 0.15) is 5.69 Å². The normalized spacial score (nSPS) is 19.5. The molecule has 2 atom stereocenters. The van der Waals surface area contributed by atoms with Crippen molar-refractivity contribution in [3.8, 4) is 5.69 Å². The molecule has 0 aromatic carbocycles. The van der Waals surface area contributed by atoms with Crippen LogP contribution < -0.4 is 4.90 Å². The minimum absolute atomic E-state index is 0.0675. The lowest BCUT2D eigenvalue weighted by molar-refractivity contribution is 0.0776. The van der Waals surface area contributed by atoms with E-state index in [-0.39, 0.29) is 5.91 Å². The van der Waals surface area contributed by atoms with E-state index in [1.165, 1.54) is 4.80 Å². The number of hydrogen-bond acceptors (Lipinski definition) is 7. The minimum atomic E-state index is -0.0675. The van der Waals surface area contributed by atoms with E-state index in [0.717, 1.165) is 36.0 Å². The first-order valence-corrected chi connectivity index (χ1v) is 11.2. The van der Waals surface area contributed by atoms with Crippen LogP contribution in [0.4, 0.5) is 5.95 Å². The van der Waals surface area contributed by atoms with Crippen molar-refractivity contribution in [2.75, 3.05) is 31.1 Å². The summed E-state index contributed by atoms with van der Waals surface area (Å²) in [5.74, 6) is 1.56. The Morgan fingerprint density at radius 2 is 1.50 bits per heavy atom. The van der Waals surface area contributed by atoms with Gasteiger partial charge < -0.3 is 9.80 Å². The Bertz CT molecular complexity index is 1060. The molecule has 2 aliphatic rings. The molecule has 2 unspecified atom stereocenters. The van der Waals surface area contributed by atoms with Gasteiger partial charge in [-0.2, -0.15) is 10.2 Å². The largest absolute Gasteiger partial charge is 0.340 e. The third-order valence-corrected chi connectivity index (χ3v) is 6.30. The summed E-state index contributed by atoms with van der Waals surface area (Å²) in [6, 6.07) is 3.61. The smallest absolute Gasteiger partial charge is 0.274 e. The number of carbonyl (C=O) groups is 1. The lowest BCUT2D eigenvalue weighted by atomic mass is 10.0. The van der Waals surface area contributed by atoms with E-state index >= 15 is 0 Å². The molecule has 0 spiro atoms. The van der Waals surface area contributed by atoms with E-state index in [1.54, 1.807) is 24.7 Å². The number of likely N-dealkylation sites (tertiary alicyclic amines) is 1. The monoisotopic (exact) mass is 434 g/mol. The average molecular weight is 435 g/mol. The molecule has 168 valence electrons. The standard InChI is InChI=1S/C21H24N8O.C2H6/c1-13-14(2)25-21(26-15(13)3)28-11-16-9-27(10-17(16)12-28)20(30)19-18(5-4-6-22-19)29-23-7-8-24-29;1-2/h4-8,16-17H,9-12H2,1-3H3;1-2H3. The highest BCUT2D eigenvalue weighted by molar-refractivity contribution is 5.95. The van der Waals surface area contributed by atoms with E-state index < -0.39 is 0 Å². The fourth-order valence-corrected chi connectivity index (χ4v) is 4.43. The number of rotatable bonds is 3. The molecule has 0 radical (unpaired) electrons. The first-order chi connectivity index (χ1) is 15.5. The van der Waals surface area contributed by atoms with Crippen molar-refractivity contribution in [3.63, 3.8) is 0 Å². The van der Waals surface area contributed by atoms with E-state index in [0.29, 0.717) is 36.3 Å². The van der Waals surface area contributed by atoms with Gasteiger partial charge in [-0.3, -0.25) is 4.79 Å². The first kappa shape index (κ1) is 21.9. The molecule has 3 aromatic heterocycles. The number of aryl methyl sites for hydroxylation is 2. The third kappa shape index (κ3) is 3.94. The second kappa shape index (κ2) is 9.02. The van der Waals surface area contributed by atoms with Crippen LogP contribution in [0.2, 0.25) is 0 Å². The zero-order chi connectivity index (χ0) is 22.8. The van der Waals surface area contributed by atoms with Crippen molar-refractivity contribution in [1.29, 1.82) is 0 Å². The van der Waals surface area contributed by atoms with Crippen molar-refractivity contribution in [3.05, 3.63) is 53.4 Å². The fourth-order valence-electron chi connectivity index (χ4n) is 4.43. The van der Waals surface area contributed by atoms with Crippen molar-refractivity contribution in [2.45, 2.75) is 34.6 Å². The maximum atomic E-state index is 13.2. The molecular formula is C23H30N8O. The van der Waals surface area contributed by atoms with Gasteiger partial charge in [0.05, 0.1) is 12.4 Å². The summed E-state index contributed by atoms with van der Waals surface area (Å²) >= 11 is 0. The predicted octanol–water partition coefficient (Wildman–Crippen LogP) is 2.61. The molecular weight excluding hydrogens is 404 g/mol. The molecule has 2 aliphatic heterocycles. The summed E-state index contributed by atoms with van der Waals surface area (Å²) in [6.07, 6.45) is 4.82. The highest BCUT2D eigenvalue weighted by atomic mass is 16.2. The quantitative estimate of drug-likeness (QED) is 0.625. The Morgan fingerprint density at radius 1 is 0.906 bits per heavy atom. The number of anilines is 1. The summed E-state index contributed by atoms with van der Waals surface area (Å²) in [6.45, 7) is 13.3. The van der Waals surface area contributed by atoms with Crippen LogP contribution in [0.15, 0.2) is 30.7 Å². The van der Waals surface area contributed by atoms with Crippen molar-refractivity contribution in [2.24, 2.45) is 11.8 Å². The molecule has 2 saturated heterocycles. The molecule has 3 aromatic rings. The Hall–Kier alpha value is -3.36. The molecule has 0 saturated carbocycles. The minimum Gasteiger partial charge on any atom is -0.340 e. The van der Waals surface area contributed by atoms with Crippen molar-refractivity contribution in [1.82, 2.24) is 34.8 Å². The Morgan fingerprint density at radius 3 is 2.09 bits per heavy atom. The maximum Gasteiger partial charge on any atom is 0.274 e. The average Bonchev–Trinajstić information content (AvgIpc) is 3.55. The summed E-state index contributed by atoms with van der Waals surface area (Å²) < 4.78 is 0. The van der Waals surface area contributed by atoms with Crippen molar-refractivity contribution >= 4 is 11.9 Å². The predicted molar refractivity (Wildman–Crippen MR) is 122 cm³/mol. The van der Waals surface area contributed by atoms with E-state index in [4.69, 9.17) is 9.97 Å². The second-order valence-corrected chi connectivity index (χ2v) is 8.14. The molecule has 5 heterocycles. The van der Waals surface area contributed by atoms with Gasteiger partial charge in [0.2, 0.25) is 5.95 Å². The van der Waals surface area contributed by atoms with Gasteiger partial charge in [-0.25, -0.2) is 15.0 Å². The lowest BCUT2D eigenvalue weighted by Gasteiger charge is -2.23. The van der Waals surface area contributed by atoms with Gasteiger partial charge in [-0.15, -0.1) is 4.80 Å². The zero-order valence-electron chi connectivity index (χ0n) is 19.4. The third-order valence-electron chi connectivity index (χ3n) is 6.30. The van der Waals surface area contributed by atoms with Gasteiger partial charge in [-0.05, 0) is 38.5 Å². The Balaban J connectivity index is 0.00000119. The van der Waals surface area contributed by atoms with Crippen LogP contribution in [0.3, 0.4) is 0 Å². The first-order valence-electron chi connectivity index (χ1n) is 11.2. The molecule has 1 amide bonds. The maximum absolute atomic E-state index is 13.2. The number of nitrogens with zero attached hydrogens (tertiary/aromatic N) is 8. The molecule has 2 fully saturated rings. The van der Waals surface area contributed by atoms with Crippen LogP contribution >= 0.6 is 0 Å². The SMILES string of the molecule is CC.Cc1nc(N2CC3CN(C(=O)c4ncccc4-n4nccn4)CC3C2)nc(C)c1C. The van der Waals surface area contributed by atoms with Crippen LogP contribution in [0, 0.1) is 32.6 Å². The highest BCUT2D eigenvalue weighted by Crippen LogP contribution is 2.34. The Kier molecular flexibility index (Phi) is 6.16. The number of hydrogen-bond donors (Lipinski definition) is 0. The molecule has 32 heavy (non-hydrogen) atoms. The van der Waals surface area contributed by atoms with Gasteiger partial charge in [0.25, 0.3) is 5.91 Å². The molecule has 0 N–H and O–H groups in total. The van der Waals surface area contributed by atoms with Crippen molar-refractivity contribution < 1.29 is 4.79 Å². The highest BCUT2D eigenvalue weighted by Gasteiger charge is 2.43. The van der Waals surface area contributed by atoms with Crippen LogP contribution in [0.1, 0.15) is 41.3 Å². The fraction of sp³-hybridized carbons (Fsp3) is 0.478. The molecule has 9 heteroatoms. The topological polar surface area (TPSA) is 92.9 Å². The van der Waals surface area contributed by atoms with Gasteiger partial charge in [-0.1, -0.05) is 13.8 Å². The van der Waals surface area contributed by atoms with E-state index in [2.05, 4.69) is 27.0 Å². The number of amides is 1. The summed E-state index contributed by atoms with van der Waals surface area (Å²) in [4.78, 5) is 32.6. The number of fused-ring (bicyclic) bond motifs is 1. The van der Waals surface area contributed by atoms with Crippen LogP contribution in [0.5, 0.6) is 0 Å². The van der Waals surface area contributed by atoms with Gasteiger partial charge in [0, 0.05) is 55.6 Å². The Labute approximate surface area is 188 Å². The molecule has 0 aliphatic carbocycles. The van der Waals surface area contributed by atoms with Gasteiger partial charge in [0.15, 0.2) is 5.69 Å². The van der Waals surface area contributed by atoms with E-state index in [9.17, 15) is 4.79 Å². The lowest BCUT2D eigenvalue weighted by Crippen LogP contribution is -2.35. The number of aromatic nitrogens is 6. The number of pyridine rings is 1. The summed E-state index contributed by atoms with van der Waals surface area (Å²) in [5.41, 5.74) is 4.19. The number of carbonyl (C=O) groups excluding carboxylic acids is 1. The van der Waals surface area contributed by atoms with Gasteiger partial charge >= 0.3 is 0 Å².